The van der Waals surface area contributed by atoms with Gasteiger partial charge in [-0.15, -0.1) is 0 Å². The normalized spacial score (nSPS) is 12.8. The monoisotopic (exact) mass is 268 g/mol. The molecule has 0 bridgehead atoms. The lowest BCUT2D eigenvalue weighted by molar-refractivity contribution is -0.137. The molecule has 18 heavy (non-hydrogen) atoms. The van der Waals surface area contributed by atoms with Gasteiger partial charge in [-0.1, -0.05) is 12.1 Å². The van der Waals surface area contributed by atoms with Crippen LogP contribution in [0, 0.1) is 0 Å². The van der Waals surface area contributed by atoms with Gasteiger partial charge in [0.05, 0.1) is 5.56 Å². The van der Waals surface area contributed by atoms with Crippen LogP contribution >= 0.6 is 0 Å². The van der Waals surface area contributed by atoms with Gasteiger partial charge in [0, 0.05) is 18.6 Å². The van der Waals surface area contributed by atoms with Crippen molar-refractivity contribution >= 4 is 0 Å². The van der Waals surface area contributed by atoms with Crippen molar-refractivity contribution in [2.45, 2.75) is 31.4 Å². The van der Waals surface area contributed by atoms with Crippen LogP contribution in [0.1, 0.15) is 30.4 Å². The van der Waals surface area contributed by atoms with Gasteiger partial charge in [0.2, 0.25) is 0 Å². The molecule has 0 heterocycles. The zero-order chi connectivity index (χ0) is 13.8. The van der Waals surface area contributed by atoms with Crippen molar-refractivity contribution in [2.24, 2.45) is 0 Å². The largest absolute Gasteiger partial charge is 0.416 e. The van der Waals surface area contributed by atoms with Gasteiger partial charge in [-0.25, -0.2) is 8.78 Å². The predicted molar refractivity (Wildman–Crippen MR) is 56.3 cm³/mol. The fourth-order valence-electron chi connectivity index (χ4n) is 1.51. The van der Waals surface area contributed by atoms with Crippen LogP contribution in [0.5, 0.6) is 0 Å². The quantitative estimate of drug-likeness (QED) is 0.633. The second-order valence-corrected chi connectivity index (χ2v) is 3.96. The van der Waals surface area contributed by atoms with E-state index >= 15 is 0 Å². The van der Waals surface area contributed by atoms with E-state index < -0.39 is 29.6 Å². The van der Waals surface area contributed by atoms with E-state index in [9.17, 15) is 22.0 Å². The Morgan fingerprint density at radius 1 is 0.833 bits per heavy atom. The number of hydrogen-bond acceptors (Lipinski definition) is 1. The third kappa shape index (κ3) is 3.94. The van der Waals surface area contributed by atoms with Crippen LogP contribution < -0.4 is 0 Å². The lowest BCUT2D eigenvalue weighted by Crippen LogP contribution is -2.14. The van der Waals surface area contributed by atoms with Gasteiger partial charge >= 0.3 is 6.18 Å². The van der Waals surface area contributed by atoms with Crippen LogP contribution in [-0.2, 0) is 12.1 Å². The third-order valence-corrected chi connectivity index (χ3v) is 2.53. The Kier molecular flexibility index (Phi) is 4.67. The van der Waals surface area contributed by atoms with Crippen molar-refractivity contribution in [2.75, 3.05) is 6.61 Å². The molecule has 1 N–H and O–H groups in total. The average molecular weight is 268 g/mol. The molecule has 1 aromatic rings. The Bertz CT molecular complexity index is 369. The van der Waals surface area contributed by atoms with Crippen LogP contribution in [-0.4, -0.2) is 11.7 Å². The highest BCUT2D eigenvalue weighted by Crippen LogP contribution is 2.35. The SMILES string of the molecule is OCCCCC(F)(F)c1ccc(C(F)(F)F)cc1. The third-order valence-electron chi connectivity index (χ3n) is 2.53. The van der Waals surface area contributed by atoms with Crippen LogP contribution in [0.3, 0.4) is 0 Å². The van der Waals surface area contributed by atoms with Crippen molar-refractivity contribution in [1.82, 2.24) is 0 Å². The van der Waals surface area contributed by atoms with Crippen LogP contribution in [0.2, 0.25) is 0 Å². The van der Waals surface area contributed by atoms with Crippen molar-refractivity contribution in [3.05, 3.63) is 35.4 Å². The fraction of sp³-hybridized carbons (Fsp3) is 0.500. The summed E-state index contributed by atoms with van der Waals surface area (Å²) >= 11 is 0. The summed E-state index contributed by atoms with van der Waals surface area (Å²) in [5.74, 6) is -3.17. The first-order chi connectivity index (χ1) is 8.27. The molecule has 0 aliphatic rings. The first-order valence-corrected chi connectivity index (χ1v) is 5.44. The number of benzene rings is 1. The molecule has 1 aromatic carbocycles. The molecular weight excluding hydrogens is 255 g/mol. The highest BCUT2D eigenvalue weighted by atomic mass is 19.4. The molecule has 6 heteroatoms. The Labute approximate surface area is 101 Å². The van der Waals surface area contributed by atoms with Crippen molar-refractivity contribution in [3.63, 3.8) is 0 Å². The molecule has 0 aromatic heterocycles. The highest BCUT2D eigenvalue weighted by Gasteiger charge is 2.34. The van der Waals surface area contributed by atoms with E-state index in [0.717, 1.165) is 12.1 Å². The first-order valence-electron chi connectivity index (χ1n) is 5.44. The summed E-state index contributed by atoms with van der Waals surface area (Å²) in [4.78, 5) is 0. The minimum atomic E-state index is -4.52. The van der Waals surface area contributed by atoms with E-state index in [4.69, 9.17) is 5.11 Å². The van der Waals surface area contributed by atoms with Crippen LogP contribution in [0.25, 0.3) is 0 Å². The average Bonchev–Trinajstić information content (AvgIpc) is 2.28. The molecule has 0 radical (unpaired) electrons. The Hall–Kier alpha value is -1.17. The van der Waals surface area contributed by atoms with Crippen LogP contribution in [0.4, 0.5) is 22.0 Å². The Balaban J connectivity index is 2.77. The molecule has 0 aliphatic heterocycles. The molecular formula is C12H13F5O. The Morgan fingerprint density at radius 3 is 1.78 bits per heavy atom. The lowest BCUT2D eigenvalue weighted by atomic mass is 10.0. The number of aliphatic hydroxyl groups is 1. The first kappa shape index (κ1) is 14.9. The van der Waals surface area contributed by atoms with Crippen molar-refractivity contribution in [3.8, 4) is 0 Å². The van der Waals surface area contributed by atoms with Crippen molar-refractivity contribution < 1.29 is 27.1 Å². The van der Waals surface area contributed by atoms with Gasteiger partial charge in [0.25, 0.3) is 5.92 Å². The maximum atomic E-state index is 13.5. The van der Waals surface area contributed by atoms with E-state index in [1.54, 1.807) is 0 Å². The smallest absolute Gasteiger partial charge is 0.396 e. The Morgan fingerprint density at radius 2 is 1.33 bits per heavy atom. The zero-order valence-corrected chi connectivity index (χ0v) is 9.47. The van der Waals surface area contributed by atoms with Crippen molar-refractivity contribution in [1.29, 1.82) is 0 Å². The molecule has 0 atom stereocenters. The molecule has 102 valence electrons. The zero-order valence-electron chi connectivity index (χ0n) is 9.47. The standard InChI is InChI=1S/C12H13F5O/c13-11(14,7-1-2-8-18)9-3-5-10(6-4-9)12(15,16)17/h3-6,18H,1-2,7-8H2. The second kappa shape index (κ2) is 5.65. The molecule has 0 unspecified atom stereocenters. The minimum Gasteiger partial charge on any atom is -0.396 e. The van der Waals surface area contributed by atoms with Gasteiger partial charge in [-0.2, -0.15) is 13.2 Å². The van der Waals surface area contributed by atoms with E-state index in [-0.39, 0.29) is 19.4 Å². The molecule has 0 amide bonds. The summed E-state index contributed by atoms with van der Waals surface area (Å²) in [6, 6.07) is 2.88. The molecule has 0 spiro atoms. The van der Waals surface area contributed by atoms with Gasteiger partial charge in [0.15, 0.2) is 0 Å². The van der Waals surface area contributed by atoms with E-state index in [0.29, 0.717) is 12.1 Å². The molecule has 0 saturated heterocycles. The van der Waals surface area contributed by atoms with E-state index in [2.05, 4.69) is 0 Å². The lowest BCUT2D eigenvalue weighted by Gasteiger charge is -2.17. The number of rotatable bonds is 5. The fourth-order valence-corrected chi connectivity index (χ4v) is 1.51. The maximum absolute atomic E-state index is 13.5. The van der Waals surface area contributed by atoms with Gasteiger partial charge in [0.1, 0.15) is 0 Å². The summed E-state index contributed by atoms with van der Waals surface area (Å²) in [7, 11) is 0. The van der Waals surface area contributed by atoms with Gasteiger partial charge in [-0.05, 0) is 25.0 Å². The minimum absolute atomic E-state index is 0.116. The molecule has 0 fully saturated rings. The number of alkyl halides is 5. The molecule has 0 aliphatic carbocycles. The summed E-state index contributed by atoms with van der Waals surface area (Å²) < 4.78 is 63.8. The number of unbranched alkanes of at least 4 members (excludes halogenated alkanes) is 1. The highest BCUT2D eigenvalue weighted by molar-refractivity contribution is 5.27. The van der Waals surface area contributed by atoms with E-state index in [1.165, 1.54) is 0 Å². The van der Waals surface area contributed by atoms with Crippen LogP contribution in [0.15, 0.2) is 24.3 Å². The topological polar surface area (TPSA) is 20.2 Å². The maximum Gasteiger partial charge on any atom is 0.416 e. The molecule has 1 nitrogen and oxygen atoms in total. The molecule has 0 saturated carbocycles. The summed E-state index contributed by atoms with van der Waals surface area (Å²) in [5, 5.41) is 8.49. The summed E-state index contributed by atoms with van der Waals surface area (Å²) in [6.45, 7) is -0.177. The van der Waals surface area contributed by atoms with Gasteiger partial charge in [-0.3, -0.25) is 0 Å². The summed E-state index contributed by atoms with van der Waals surface area (Å²) in [5.41, 5.74) is -1.38. The number of hydrogen-bond donors (Lipinski definition) is 1. The number of halogens is 5. The van der Waals surface area contributed by atoms with Gasteiger partial charge < -0.3 is 5.11 Å². The predicted octanol–water partition coefficient (Wildman–Crippen LogP) is 3.96. The van der Waals surface area contributed by atoms with E-state index in [1.807, 2.05) is 0 Å². The summed E-state index contributed by atoms with van der Waals surface area (Å²) in [6.07, 6.45) is -4.65. The molecule has 1 rings (SSSR count). The second-order valence-electron chi connectivity index (χ2n) is 3.96. The number of aliphatic hydroxyl groups excluding tert-OH is 1.